The van der Waals surface area contributed by atoms with Crippen LogP contribution in [0.4, 0.5) is 0 Å². The van der Waals surface area contributed by atoms with Crippen LogP contribution in [0.3, 0.4) is 0 Å². The Morgan fingerprint density at radius 2 is 2.04 bits per heavy atom. The van der Waals surface area contributed by atoms with Crippen LogP contribution in [0.15, 0.2) is 71.6 Å². The summed E-state index contributed by atoms with van der Waals surface area (Å²) in [4.78, 5) is 17.0. The van der Waals surface area contributed by atoms with Gasteiger partial charge < -0.3 is 9.73 Å². The van der Waals surface area contributed by atoms with Gasteiger partial charge in [0.05, 0.1) is 24.6 Å². The maximum Gasteiger partial charge on any atom is 0.253 e. The van der Waals surface area contributed by atoms with Crippen molar-refractivity contribution < 1.29 is 9.21 Å². The largest absolute Gasteiger partial charge is 0.469 e. The first-order valence-electron chi connectivity index (χ1n) is 9.38. The van der Waals surface area contributed by atoms with E-state index in [1.807, 2.05) is 48.0 Å². The molecule has 3 heterocycles. The molecule has 28 heavy (non-hydrogen) atoms. The van der Waals surface area contributed by atoms with Crippen molar-refractivity contribution in [2.45, 2.75) is 32.4 Å². The Hall–Kier alpha value is -3.41. The van der Waals surface area contributed by atoms with E-state index in [0.717, 1.165) is 35.2 Å². The zero-order valence-corrected chi connectivity index (χ0v) is 15.7. The summed E-state index contributed by atoms with van der Waals surface area (Å²) >= 11 is 0. The van der Waals surface area contributed by atoms with Gasteiger partial charge in [0.2, 0.25) is 0 Å². The van der Waals surface area contributed by atoms with Gasteiger partial charge in [-0.25, -0.2) is 9.67 Å². The average Bonchev–Trinajstić information content (AvgIpc) is 3.37. The molecular weight excluding hydrogens is 352 g/mol. The molecule has 0 saturated carbocycles. The standard InChI is InChI=1S/C22H22N4O2/c1-16(9-10-20-8-5-11-28-20)25-22(27)19-12-18-14-24-26(21(18)23-13-19)15-17-6-3-2-4-7-17/h2-8,11-14,16H,9-10,15H2,1H3,(H,25,27)/t16-/m1/s1. The van der Waals surface area contributed by atoms with Crippen LogP contribution in [0.5, 0.6) is 0 Å². The number of amides is 1. The van der Waals surface area contributed by atoms with Crippen LogP contribution in [0.25, 0.3) is 11.0 Å². The van der Waals surface area contributed by atoms with Crippen molar-refractivity contribution in [3.05, 3.63) is 84.1 Å². The smallest absolute Gasteiger partial charge is 0.253 e. The first-order chi connectivity index (χ1) is 13.7. The molecule has 0 unspecified atom stereocenters. The molecule has 142 valence electrons. The van der Waals surface area contributed by atoms with E-state index in [1.54, 1.807) is 18.7 Å². The number of hydrogen-bond donors (Lipinski definition) is 1. The minimum Gasteiger partial charge on any atom is -0.469 e. The monoisotopic (exact) mass is 374 g/mol. The number of carbonyl (C=O) groups is 1. The summed E-state index contributed by atoms with van der Waals surface area (Å²) in [5.41, 5.74) is 2.46. The maximum atomic E-state index is 12.6. The number of carbonyl (C=O) groups excluding carboxylic acids is 1. The number of pyridine rings is 1. The molecule has 0 fully saturated rings. The van der Waals surface area contributed by atoms with E-state index in [-0.39, 0.29) is 11.9 Å². The molecule has 0 spiro atoms. The number of aryl methyl sites for hydroxylation is 1. The fourth-order valence-electron chi connectivity index (χ4n) is 3.16. The molecule has 6 nitrogen and oxygen atoms in total. The molecule has 4 rings (SSSR count). The Labute approximate surface area is 163 Å². The number of fused-ring (bicyclic) bond motifs is 1. The molecule has 1 aromatic carbocycles. The summed E-state index contributed by atoms with van der Waals surface area (Å²) in [6.07, 6.45) is 6.63. The molecule has 1 atom stereocenters. The average molecular weight is 374 g/mol. The molecule has 3 aromatic heterocycles. The third-order valence-corrected chi connectivity index (χ3v) is 4.69. The first-order valence-corrected chi connectivity index (χ1v) is 9.38. The Bertz CT molecular complexity index is 1050. The van der Waals surface area contributed by atoms with Crippen molar-refractivity contribution in [1.29, 1.82) is 0 Å². The van der Waals surface area contributed by atoms with Gasteiger partial charge in [0.1, 0.15) is 5.76 Å². The van der Waals surface area contributed by atoms with E-state index in [4.69, 9.17) is 4.42 Å². The highest BCUT2D eigenvalue weighted by atomic mass is 16.3. The number of hydrogen-bond acceptors (Lipinski definition) is 4. The first kappa shape index (κ1) is 18.0. The van der Waals surface area contributed by atoms with Gasteiger partial charge in [-0.05, 0) is 37.1 Å². The van der Waals surface area contributed by atoms with Crippen molar-refractivity contribution in [2.24, 2.45) is 0 Å². The van der Waals surface area contributed by atoms with Gasteiger partial charge in [-0.1, -0.05) is 30.3 Å². The lowest BCUT2D eigenvalue weighted by Gasteiger charge is -2.13. The highest BCUT2D eigenvalue weighted by Crippen LogP contribution is 2.15. The Morgan fingerprint density at radius 1 is 1.18 bits per heavy atom. The molecule has 6 heteroatoms. The summed E-state index contributed by atoms with van der Waals surface area (Å²) in [6.45, 7) is 2.64. The SMILES string of the molecule is C[C@H](CCc1ccco1)NC(=O)c1cnc2c(cnn2Cc2ccccc2)c1. The lowest BCUT2D eigenvalue weighted by molar-refractivity contribution is 0.0938. The molecule has 0 aliphatic carbocycles. The summed E-state index contributed by atoms with van der Waals surface area (Å²) in [6, 6.07) is 15.8. The fraction of sp³-hybridized carbons (Fsp3) is 0.227. The topological polar surface area (TPSA) is 73.0 Å². The maximum absolute atomic E-state index is 12.6. The number of rotatable bonds is 7. The normalized spacial score (nSPS) is 12.2. The lowest BCUT2D eigenvalue weighted by atomic mass is 10.1. The number of benzene rings is 1. The molecule has 0 aliphatic rings. The second-order valence-electron chi connectivity index (χ2n) is 6.92. The Kier molecular flexibility index (Phi) is 5.19. The van der Waals surface area contributed by atoms with Crippen LogP contribution in [-0.4, -0.2) is 26.7 Å². The highest BCUT2D eigenvalue weighted by molar-refractivity contribution is 5.96. The van der Waals surface area contributed by atoms with Gasteiger partial charge in [-0.2, -0.15) is 5.10 Å². The van der Waals surface area contributed by atoms with Gasteiger partial charge in [-0.3, -0.25) is 4.79 Å². The third kappa shape index (κ3) is 4.11. The van der Waals surface area contributed by atoms with Gasteiger partial charge in [-0.15, -0.1) is 0 Å². The molecule has 0 aliphatic heterocycles. The summed E-state index contributed by atoms with van der Waals surface area (Å²) in [5.74, 6) is 0.798. The van der Waals surface area contributed by atoms with E-state index in [9.17, 15) is 4.79 Å². The molecule has 0 radical (unpaired) electrons. The second kappa shape index (κ2) is 8.08. The van der Waals surface area contributed by atoms with E-state index < -0.39 is 0 Å². The Morgan fingerprint density at radius 3 is 2.82 bits per heavy atom. The van der Waals surface area contributed by atoms with Crippen molar-refractivity contribution in [3.8, 4) is 0 Å². The molecule has 0 saturated heterocycles. The van der Waals surface area contributed by atoms with Crippen molar-refractivity contribution in [2.75, 3.05) is 0 Å². The third-order valence-electron chi connectivity index (χ3n) is 4.69. The second-order valence-corrected chi connectivity index (χ2v) is 6.92. The van der Waals surface area contributed by atoms with Crippen LogP contribution in [0, 0.1) is 0 Å². The van der Waals surface area contributed by atoms with Gasteiger partial charge in [0.25, 0.3) is 5.91 Å². The number of nitrogens with zero attached hydrogens (tertiary/aromatic N) is 3. The zero-order valence-electron chi connectivity index (χ0n) is 15.7. The van der Waals surface area contributed by atoms with Crippen molar-refractivity contribution >= 4 is 16.9 Å². The van der Waals surface area contributed by atoms with Crippen LogP contribution < -0.4 is 5.32 Å². The number of nitrogens with one attached hydrogen (secondary N) is 1. The predicted octanol–water partition coefficient (Wildman–Crippen LogP) is 3.82. The summed E-state index contributed by atoms with van der Waals surface area (Å²) < 4.78 is 7.18. The predicted molar refractivity (Wildman–Crippen MR) is 107 cm³/mol. The van der Waals surface area contributed by atoms with E-state index >= 15 is 0 Å². The molecule has 4 aromatic rings. The van der Waals surface area contributed by atoms with Crippen LogP contribution in [-0.2, 0) is 13.0 Å². The molecule has 0 bridgehead atoms. The van der Waals surface area contributed by atoms with E-state index in [0.29, 0.717) is 12.1 Å². The van der Waals surface area contributed by atoms with Crippen molar-refractivity contribution in [3.63, 3.8) is 0 Å². The fourth-order valence-corrected chi connectivity index (χ4v) is 3.16. The number of furan rings is 1. The highest BCUT2D eigenvalue weighted by Gasteiger charge is 2.13. The van der Waals surface area contributed by atoms with Gasteiger partial charge in [0, 0.05) is 24.0 Å². The van der Waals surface area contributed by atoms with E-state index in [1.165, 1.54) is 0 Å². The van der Waals surface area contributed by atoms with Crippen molar-refractivity contribution in [1.82, 2.24) is 20.1 Å². The quantitative estimate of drug-likeness (QED) is 0.534. The van der Waals surface area contributed by atoms with Gasteiger partial charge in [0.15, 0.2) is 5.65 Å². The molecule has 1 N–H and O–H groups in total. The lowest BCUT2D eigenvalue weighted by Crippen LogP contribution is -2.32. The number of aromatic nitrogens is 3. The van der Waals surface area contributed by atoms with Crippen LogP contribution in [0.2, 0.25) is 0 Å². The Balaban J connectivity index is 1.42. The van der Waals surface area contributed by atoms with E-state index in [2.05, 4.69) is 27.5 Å². The minimum atomic E-state index is -0.128. The summed E-state index contributed by atoms with van der Waals surface area (Å²) in [7, 11) is 0. The summed E-state index contributed by atoms with van der Waals surface area (Å²) in [5, 5.41) is 8.30. The molecular formula is C22H22N4O2. The molecule has 1 amide bonds. The zero-order chi connectivity index (χ0) is 19.3. The van der Waals surface area contributed by atoms with Gasteiger partial charge >= 0.3 is 0 Å². The van der Waals surface area contributed by atoms with Crippen LogP contribution in [0.1, 0.15) is 35.0 Å². The minimum absolute atomic E-state index is 0.0362. The van der Waals surface area contributed by atoms with Crippen LogP contribution >= 0.6 is 0 Å².